The second-order valence-corrected chi connectivity index (χ2v) is 23.9. The third-order valence-electron chi connectivity index (χ3n) is 12.3. The number of aliphatic hydroxyl groups excluding tert-OH is 1. The number of unbranched alkanes of at least 4 members (excludes halogenated alkanes) is 4. The topological polar surface area (TPSA) is 143 Å². The highest BCUT2D eigenvalue weighted by Gasteiger charge is 2.56. The van der Waals surface area contributed by atoms with Crippen LogP contribution >= 0.6 is 34.8 Å². The quantitative estimate of drug-likeness (QED) is 0.0317. The molecule has 0 aromatic heterocycles. The van der Waals surface area contributed by atoms with E-state index in [9.17, 15) is 14.7 Å². The summed E-state index contributed by atoms with van der Waals surface area (Å²) in [5.41, 5.74) is 0. The van der Waals surface area contributed by atoms with Gasteiger partial charge in [-0.2, -0.15) is 0 Å². The molecule has 12 nitrogen and oxygen atoms in total. The van der Waals surface area contributed by atoms with E-state index in [-0.39, 0.29) is 13.2 Å². The van der Waals surface area contributed by atoms with E-state index in [2.05, 4.69) is 53.4 Å². The number of halogens is 3. The summed E-state index contributed by atoms with van der Waals surface area (Å²) in [6.45, 7) is 18.1. The lowest BCUT2D eigenvalue weighted by Crippen LogP contribution is -2.69. The number of amides is 1. The summed E-state index contributed by atoms with van der Waals surface area (Å²) in [5.74, 6) is -0.906. The lowest BCUT2D eigenvalue weighted by Gasteiger charge is -2.50. The zero-order chi connectivity index (χ0) is 47.5. The lowest BCUT2D eigenvalue weighted by atomic mass is 9.91. The SMILES string of the molecule is C=CCO[C@H]1OC(CCC(C)(C)[Si](O)(c2ccccc2)c2ccccc2)[C@@H](O[C@@H]2OC(COCCCC)[C@H](OCCCC)C(OCCCC)[C@@H]2NC(=O)C(Cl)(Cl)Cl)[C@H](OCCCC)C1O. The molecule has 16 heteroatoms. The van der Waals surface area contributed by atoms with Crippen molar-refractivity contribution in [3.05, 3.63) is 73.3 Å². The normalized spacial score (nSPS) is 26.5. The van der Waals surface area contributed by atoms with Gasteiger partial charge in [0.15, 0.2) is 12.6 Å². The molecule has 2 aliphatic rings. The number of carbonyl (C=O) groups excluding carboxylic acids is 1. The average Bonchev–Trinajstić information content (AvgIpc) is 3.29. The van der Waals surface area contributed by atoms with Gasteiger partial charge in [0.05, 0.1) is 19.3 Å². The zero-order valence-electron chi connectivity index (χ0n) is 39.3. The number of rotatable bonds is 29. The highest BCUT2D eigenvalue weighted by Crippen LogP contribution is 2.43. The highest BCUT2D eigenvalue weighted by atomic mass is 35.6. The predicted molar refractivity (Wildman–Crippen MR) is 260 cm³/mol. The lowest BCUT2D eigenvalue weighted by molar-refractivity contribution is -0.352. The van der Waals surface area contributed by atoms with E-state index in [1.54, 1.807) is 6.08 Å². The molecule has 0 spiro atoms. The number of hydrogen-bond acceptors (Lipinski definition) is 11. The maximum Gasteiger partial charge on any atom is 0.272 e. The van der Waals surface area contributed by atoms with Crippen LogP contribution in [0.25, 0.3) is 0 Å². The molecule has 4 rings (SSSR count). The van der Waals surface area contributed by atoms with Crippen LogP contribution in [0.4, 0.5) is 0 Å². The van der Waals surface area contributed by atoms with Gasteiger partial charge in [0, 0.05) is 26.4 Å². The Morgan fingerprint density at radius 3 is 1.77 bits per heavy atom. The number of carbonyl (C=O) groups is 1. The Morgan fingerprint density at radius 2 is 1.25 bits per heavy atom. The van der Waals surface area contributed by atoms with Crippen molar-refractivity contribution >= 4 is 59.4 Å². The Hall–Kier alpha value is -1.66. The molecule has 2 fully saturated rings. The first kappa shape index (κ1) is 55.9. The fourth-order valence-corrected chi connectivity index (χ4v) is 12.3. The van der Waals surface area contributed by atoms with E-state index in [1.165, 1.54) is 0 Å². The van der Waals surface area contributed by atoms with Crippen molar-refractivity contribution < 1.29 is 52.6 Å². The number of aliphatic hydroxyl groups is 1. The average molecular weight is 990 g/mol. The van der Waals surface area contributed by atoms with Crippen LogP contribution in [-0.4, -0.2) is 129 Å². The van der Waals surface area contributed by atoms with Crippen LogP contribution in [0.1, 0.15) is 106 Å². The molecule has 2 aliphatic heterocycles. The molecular formula is C49H76Cl3NO11Si. The minimum Gasteiger partial charge on any atom is -0.424 e. The van der Waals surface area contributed by atoms with Crippen LogP contribution in [0.15, 0.2) is 73.3 Å². The molecule has 1 amide bonds. The maximum absolute atomic E-state index is 13.7. The summed E-state index contributed by atoms with van der Waals surface area (Å²) in [7, 11) is -3.47. The Kier molecular flexibility index (Phi) is 24.2. The van der Waals surface area contributed by atoms with Crippen LogP contribution in [0.3, 0.4) is 0 Å². The summed E-state index contributed by atoms with van der Waals surface area (Å²) in [5, 5.41) is 16.0. The van der Waals surface area contributed by atoms with Crippen molar-refractivity contribution in [3.8, 4) is 0 Å². The smallest absolute Gasteiger partial charge is 0.272 e. The van der Waals surface area contributed by atoms with E-state index < -0.39 is 84.4 Å². The Morgan fingerprint density at radius 1 is 0.738 bits per heavy atom. The molecule has 3 N–H and O–H groups in total. The third kappa shape index (κ3) is 15.7. The van der Waals surface area contributed by atoms with Gasteiger partial charge in [-0.15, -0.1) is 6.58 Å². The molecule has 4 unspecified atom stereocenters. The second-order valence-electron chi connectivity index (χ2n) is 17.7. The number of hydrogen-bond donors (Lipinski definition) is 3. The van der Waals surface area contributed by atoms with Gasteiger partial charge in [0.2, 0.25) is 0 Å². The standard InChI is InChI=1S/C49H76Cl3NO11Si/c1-8-13-30-57-34-38-41(58-31-14-9-2)43(59-32-15-10-3)39(53-47(55)49(50,51)52)45(63-38)64-42-37(62-46(61-29-12-5)40(54)44(42)60-33-16-11-4)27-28-48(6,7)65(56,35-23-19-17-20-24-35)36-25-21-18-22-26-36/h12,17-26,37-46,54,56H,5,8-11,13-16,27-34H2,1-4,6-7H3,(H,53,55)/t37?,38?,39-,40?,41-,42+,43?,44+,45-,46-/m0/s1. The van der Waals surface area contributed by atoms with Gasteiger partial charge < -0.3 is 53.1 Å². The monoisotopic (exact) mass is 987 g/mol. The van der Waals surface area contributed by atoms with E-state index in [1.807, 2.05) is 60.7 Å². The minimum absolute atomic E-state index is 0.106. The number of benzene rings is 2. The van der Waals surface area contributed by atoms with Crippen LogP contribution in [0, 0.1) is 0 Å². The number of ether oxygens (including phenoxy) is 8. The highest BCUT2D eigenvalue weighted by molar-refractivity contribution is 6.98. The molecule has 0 saturated carbocycles. The summed E-state index contributed by atoms with van der Waals surface area (Å²) in [4.78, 5) is 26.8. The molecule has 2 heterocycles. The molecule has 10 atom stereocenters. The molecule has 2 aromatic rings. The first-order valence-corrected chi connectivity index (χ1v) is 26.8. The van der Waals surface area contributed by atoms with Gasteiger partial charge in [-0.3, -0.25) is 4.79 Å². The van der Waals surface area contributed by atoms with Crippen molar-refractivity contribution in [2.45, 2.75) is 176 Å². The Labute approximate surface area is 404 Å². The van der Waals surface area contributed by atoms with Gasteiger partial charge >= 0.3 is 0 Å². The van der Waals surface area contributed by atoms with Gasteiger partial charge in [0.25, 0.3) is 18.0 Å². The van der Waals surface area contributed by atoms with Gasteiger partial charge in [-0.05, 0) is 53.9 Å². The fourth-order valence-electron chi connectivity index (χ4n) is 8.41. The summed E-state index contributed by atoms with van der Waals surface area (Å²) in [6.07, 6.45) is 0.194. The molecule has 2 aromatic carbocycles. The maximum atomic E-state index is 13.7. The number of alkyl halides is 3. The van der Waals surface area contributed by atoms with Gasteiger partial charge in [0.1, 0.15) is 42.7 Å². The Balaban J connectivity index is 1.85. The van der Waals surface area contributed by atoms with Crippen molar-refractivity contribution in [1.82, 2.24) is 5.32 Å². The van der Waals surface area contributed by atoms with E-state index in [0.29, 0.717) is 45.7 Å². The van der Waals surface area contributed by atoms with E-state index in [0.717, 1.165) is 55.3 Å². The van der Waals surface area contributed by atoms with Crippen LogP contribution in [-0.2, 0) is 42.7 Å². The van der Waals surface area contributed by atoms with Crippen LogP contribution < -0.4 is 15.7 Å². The molecule has 0 radical (unpaired) electrons. The third-order valence-corrected chi connectivity index (χ3v) is 17.3. The molecule has 0 aliphatic carbocycles. The largest absolute Gasteiger partial charge is 0.424 e. The summed E-state index contributed by atoms with van der Waals surface area (Å²) < 4.78 is 50.4. The fraction of sp³-hybridized carbons (Fsp3) is 0.694. The van der Waals surface area contributed by atoms with Crippen molar-refractivity contribution in [2.75, 3.05) is 39.6 Å². The first-order chi connectivity index (χ1) is 31.2. The first-order valence-electron chi connectivity index (χ1n) is 23.7. The van der Waals surface area contributed by atoms with Crippen LogP contribution in [0.5, 0.6) is 0 Å². The predicted octanol–water partition coefficient (Wildman–Crippen LogP) is 7.93. The molecule has 368 valence electrons. The number of nitrogens with one attached hydrogen (secondary N) is 1. The van der Waals surface area contributed by atoms with Crippen molar-refractivity contribution in [1.29, 1.82) is 0 Å². The zero-order valence-corrected chi connectivity index (χ0v) is 42.6. The van der Waals surface area contributed by atoms with Crippen molar-refractivity contribution in [2.24, 2.45) is 0 Å². The molecule has 0 bridgehead atoms. The Bertz CT molecular complexity index is 1600. The summed E-state index contributed by atoms with van der Waals surface area (Å²) in [6, 6.07) is 18.6. The van der Waals surface area contributed by atoms with Gasteiger partial charge in [-0.1, -0.05) is 169 Å². The molecule has 65 heavy (non-hydrogen) atoms. The summed E-state index contributed by atoms with van der Waals surface area (Å²) >= 11 is 18.7. The van der Waals surface area contributed by atoms with E-state index in [4.69, 9.17) is 72.7 Å². The van der Waals surface area contributed by atoms with Crippen molar-refractivity contribution in [3.63, 3.8) is 0 Å². The molecular weight excluding hydrogens is 913 g/mol. The molecule has 2 saturated heterocycles. The van der Waals surface area contributed by atoms with E-state index >= 15 is 0 Å². The second kappa shape index (κ2) is 28.1. The van der Waals surface area contributed by atoms with Gasteiger partial charge in [-0.25, -0.2) is 0 Å². The minimum atomic E-state index is -3.47. The van der Waals surface area contributed by atoms with Crippen LogP contribution in [0.2, 0.25) is 5.04 Å².